The first kappa shape index (κ1) is 19.4. The van der Waals surface area contributed by atoms with E-state index in [0.29, 0.717) is 18.2 Å². The van der Waals surface area contributed by atoms with Crippen LogP contribution >= 0.6 is 11.6 Å². The fraction of sp³-hybridized carbons (Fsp3) is 0.700. The maximum atomic E-state index is 6.47. The lowest BCUT2D eigenvalue weighted by Gasteiger charge is -2.39. The highest BCUT2D eigenvalue weighted by atomic mass is 35.5. The maximum absolute atomic E-state index is 6.47. The summed E-state index contributed by atoms with van der Waals surface area (Å²) in [5, 5.41) is 0.682. The van der Waals surface area contributed by atoms with Crippen molar-refractivity contribution in [2.75, 3.05) is 72.4 Å². The van der Waals surface area contributed by atoms with E-state index in [1.165, 1.54) is 5.56 Å². The second-order valence-corrected chi connectivity index (χ2v) is 8.02. The van der Waals surface area contributed by atoms with Crippen molar-refractivity contribution in [3.8, 4) is 5.75 Å². The molecule has 3 aliphatic heterocycles. The molecule has 0 aromatic heterocycles. The van der Waals surface area contributed by atoms with Gasteiger partial charge >= 0.3 is 0 Å². The Morgan fingerprint density at radius 1 is 1.04 bits per heavy atom. The van der Waals surface area contributed by atoms with E-state index in [9.17, 15) is 0 Å². The predicted molar refractivity (Wildman–Crippen MR) is 104 cm³/mol. The average Bonchev–Trinajstić information content (AvgIpc) is 3.12. The number of ether oxygens (including phenoxy) is 4. The molecule has 0 saturated carbocycles. The summed E-state index contributed by atoms with van der Waals surface area (Å²) in [5.41, 5.74) is 1.10. The van der Waals surface area contributed by atoms with Gasteiger partial charge in [-0.15, -0.1) is 0 Å². The first-order valence-corrected chi connectivity index (χ1v) is 10.3. The molecule has 1 atom stereocenters. The number of hydrogen-bond donors (Lipinski definition) is 0. The number of rotatable bonds is 6. The van der Waals surface area contributed by atoms with Gasteiger partial charge in [-0.05, 0) is 17.7 Å². The average molecular weight is 397 g/mol. The van der Waals surface area contributed by atoms with E-state index < -0.39 is 0 Å². The van der Waals surface area contributed by atoms with E-state index in [1.54, 1.807) is 0 Å². The molecule has 3 saturated heterocycles. The third-order valence-electron chi connectivity index (χ3n) is 5.57. The van der Waals surface area contributed by atoms with Crippen molar-refractivity contribution in [2.24, 2.45) is 0 Å². The number of nitrogens with zero attached hydrogens (tertiary/aromatic N) is 2. The molecule has 4 rings (SSSR count). The van der Waals surface area contributed by atoms with Gasteiger partial charge < -0.3 is 18.9 Å². The molecule has 7 heteroatoms. The Morgan fingerprint density at radius 3 is 2.67 bits per heavy atom. The van der Waals surface area contributed by atoms with Gasteiger partial charge in [-0.2, -0.15) is 0 Å². The zero-order valence-corrected chi connectivity index (χ0v) is 16.6. The molecule has 6 nitrogen and oxygen atoms in total. The van der Waals surface area contributed by atoms with Gasteiger partial charge in [0.2, 0.25) is 0 Å². The summed E-state index contributed by atoms with van der Waals surface area (Å²) in [4.78, 5) is 4.79. The van der Waals surface area contributed by atoms with Crippen LogP contribution < -0.4 is 4.74 Å². The van der Waals surface area contributed by atoms with Crippen molar-refractivity contribution in [3.05, 3.63) is 28.8 Å². The summed E-state index contributed by atoms with van der Waals surface area (Å²) >= 11 is 6.47. The van der Waals surface area contributed by atoms with E-state index in [4.69, 9.17) is 30.5 Å². The third kappa shape index (κ3) is 5.13. The minimum absolute atomic E-state index is 0.107. The molecule has 0 amide bonds. The number of benzene rings is 1. The van der Waals surface area contributed by atoms with Crippen LogP contribution in [0.25, 0.3) is 0 Å². The molecule has 3 heterocycles. The highest BCUT2D eigenvalue weighted by Gasteiger charge is 2.40. The van der Waals surface area contributed by atoms with Crippen LogP contribution in [-0.4, -0.2) is 87.8 Å². The molecule has 1 spiro atoms. The van der Waals surface area contributed by atoms with Crippen LogP contribution in [-0.2, 0) is 20.8 Å². The van der Waals surface area contributed by atoms with Crippen LogP contribution in [0, 0.1) is 0 Å². The highest BCUT2D eigenvalue weighted by molar-refractivity contribution is 6.32. The largest absolute Gasteiger partial charge is 0.491 e. The standard InChI is InChI=1S/C20H29ClN2O4/c21-18-13-17(14-23-7-12-27-20(15-23)3-8-25-16-20)1-2-19(18)26-11-6-22-4-9-24-10-5-22/h1-2,13H,3-12,14-16H2. The maximum Gasteiger partial charge on any atom is 0.137 e. The number of hydrogen-bond acceptors (Lipinski definition) is 6. The summed E-state index contributed by atoms with van der Waals surface area (Å²) in [6.45, 7) is 10.1. The Hall–Kier alpha value is -0.890. The third-order valence-corrected chi connectivity index (χ3v) is 5.86. The van der Waals surface area contributed by atoms with Crippen molar-refractivity contribution in [2.45, 2.75) is 18.6 Å². The van der Waals surface area contributed by atoms with Crippen LogP contribution in [0.2, 0.25) is 5.02 Å². The van der Waals surface area contributed by atoms with Crippen LogP contribution in [0.3, 0.4) is 0 Å². The van der Waals surface area contributed by atoms with Crippen LogP contribution in [0.5, 0.6) is 5.75 Å². The van der Waals surface area contributed by atoms with E-state index in [0.717, 1.165) is 77.9 Å². The molecule has 0 bridgehead atoms. The van der Waals surface area contributed by atoms with Gasteiger partial charge in [0.25, 0.3) is 0 Å². The smallest absolute Gasteiger partial charge is 0.137 e. The minimum atomic E-state index is -0.107. The van der Waals surface area contributed by atoms with Gasteiger partial charge in [0.15, 0.2) is 0 Å². The summed E-state index contributed by atoms with van der Waals surface area (Å²) in [6, 6.07) is 6.13. The number of morpholine rings is 2. The Kier molecular flexibility index (Phi) is 6.53. The Morgan fingerprint density at radius 2 is 1.89 bits per heavy atom. The minimum Gasteiger partial charge on any atom is -0.491 e. The molecule has 1 aromatic rings. The lowest BCUT2D eigenvalue weighted by atomic mass is 10.0. The quantitative estimate of drug-likeness (QED) is 0.733. The summed E-state index contributed by atoms with van der Waals surface area (Å²) in [7, 11) is 0. The Bertz CT molecular complexity index is 618. The molecule has 3 fully saturated rings. The molecule has 0 aliphatic carbocycles. The molecule has 0 N–H and O–H groups in total. The van der Waals surface area contributed by atoms with Gasteiger partial charge in [-0.25, -0.2) is 0 Å². The van der Waals surface area contributed by atoms with Gasteiger partial charge in [0.1, 0.15) is 18.0 Å². The fourth-order valence-electron chi connectivity index (χ4n) is 4.01. The lowest BCUT2D eigenvalue weighted by molar-refractivity contribution is -0.111. The van der Waals surface area contributed by atoms with Crippen LogP contribution in [0.1, 0.15) is 12.0 Å². The second kappa shape index (κ2) is 9.07. The molecule has 0 radical (unpaired) electrons. The van der Waals surface area contributed by atoms with Gasteiger partial charge in [-0.3, -0.25) is 9.80 Å². The van der Waals surface area contributed by atoms with Crippen molar-refractivity contribution in [3.63, 3.8) is 0 Å². The SMILES string of the molecule is Clc1cc(CN2CCOC3(CCOC3)C2)ccc1OCCN1CCOCC1. The van der Waals surface area contributed by atoms with Gasteiger partial charge in [0.05, 0.1) is 31.5 Å². The first-order valence-electron chi connectivity index (χ1n) is 9.88. The predicted octanol–water partition coefficient (Wildman–Crippen LogP) is 2.04. The van der Waals surface area contributed by atoms with Crippen molar-refractivity contribution in [1.29, 1.82) is 0 Å². The molecular formula is C20H29ClN2O4. The second-order valence-electron chi connectivity index (χ2n) is 7.61. The van der Waals surface area contributed by atoms with E-state index >= 15 is 0 Å². The summed E-state index contributed by atoms with van der Waals surface area (Å²) < 4.78 is 22.8. The Labute approximate surface area is 166 Å². The molecule has 1 unspecified atom stereocenters. The molecular weight excluding hydrogens is 368 g/mol. The first-order chi connectivity index (χ1) is 13.2. The van der Waals surface area contributed by atoms with E-state index in [1.807, 2.05) is 12.1 Å². The van der Waals surface area contributed by atoms with E-state index in [-0.39, 0.29) is 5.60 Å². The van der Waals surface area contributed by atoms with Crippen molar-refractivity contribution < 1.29 is 18.9 Å². The van der Waals surface area contributed by atoms with Crippen molar-refractivity contribution in [1.82, 2.24) is 9.80 Å². The highest BCUT2D eigenvalue weighted by Crippen LogP contribution is 2.30. The zero-order chi connectivity index (χ0) is 18.5. The normalized spacial score (nSPS) is 27.3. The summed E-state index contributed by atoms with van der Waals surface area (Å²) in [5.74, 6) is 0.760. The number of halogens is 1. The van der Waals surface area contributed by atoms with Gasteiger partial charge in [0, 0.05) is 52.3 Å². The monoisotopic (exact) mass is 396 g/mol. The topological polar surface area (TPSA) is 43.4 Å². The zero-order valence-electron chi connectivity index (χ0n) is 15.8. The van der Waals surface area contributed by atoms with Crippen LogP contribution in [0.4, 0.5) is 0 Å². The molecule has 150 valence electrons. The molecule has 27 heavy (non-hydrogen) atoms. The van der Waals surface area contributed by atoms with Gasteiger partial charge in [-0.1, -0.05) is 17.7 Å². The lowest BCUT2D eigenvalue weighted by Crippen LogP contribution is -2.51. The van der Waals surface area contributed by atoms with E-state index in [2.05, 4.69) is 15.9 Å². The molecule has 1 aromatic carbocycles. The Balaban J connectivity index is 1.27. The van der Waals surface area contributed by atoms with Crippen LogP contribution in [0.15, 0.2) is 18.2 Å². The fourth-order valence-corrected chi connectivity index (χ4v) is 4.27. The molecule has 3 aliphatic rings. The summed E-state index contributed by atoms with van der Waals surface area (Å²) in [6.07, 6.45) is 0.986. The van der Waals surface area contributed by atoms with Crippen molar-refractivity contribution >= 4 is 11.6 Å².